The Labute approximate surface area is 216 Å². The minimum atomic E-state index is -4.92. The molecular formula is C27H30F7NO3. The molecule has 0 spiro atoms. The lowest BCUT2D eigenvalue weighted by Gasteiger charge is -2.44. The van der Waals surface area contributed by atoms with Gasteiger partial charge in [-0.1, -0.05) is 12.1 Å². The van der Waals surface area contributed by atoms with Crippen LogP contribution in [-0.4, -0.2) is 45.3 Å². The number of halogens is 7. The third-order valence-corrected chi connectivity index (χ3v) is 7.30. The summed E-state index contributed by atoms with van der Waals surface area (Å²) in [6.45, 7) is 0.969. The van der Waals surface area contributed by atoms with Gasteiger partial charge >= 0.3 is 12.4 Å². The van der Waals surface area contributed by atoms with Crippen LogP contribution in [0.5, 0.6) is 0 Å². The molecule has 2 saturated heterocycles. The molecule has 3 unspecified atom stereocenters. The van der Waals surface area contributed by atoms with Gasteiger partial charge < -0.3 is 19.5 Å². The zero-order chi connectivity index (χ0) is 27.5. The summed E-state index contributed by atoms with van der Waals surface area (Å²) in [5.41, 5.74) is -2.09. The first-order valence-electron chi connectivity index (χ1n) is 12.5. The van der Waals surface area contributed by atoms with E-state index in [2.05, 4.69) is 5.32 Å². The third-order valence-electron chi connectivity index (χ3n) is 7.30. The van der Waals surface area contributed by atoms with E-state index < -0.39 is 35.6 Å². The van der Waals surface area contributed by atoms with Gasteiger partial charge in [-0.2, -0.15) is 26.3 Å². The molecule has 2 aliphatic rings. The molecule has 1 N–H and O–H groups in total. The number of benzene rings is 2. The summed E-state index contributed by atoms with van der Waals surface area (Å²) in [6.07, 6.45) is -8.42. The van der Waals surface area contributed by atoms with Crippen molar-refractivity contribution in [3.63, 3.8) is 0 Å². The first-order chi connectivity index (χ1) is 18.0. The highest BCUT2D eigenvalue weighted by molar-refractivity contribution is 5.34. The number of piperidine rings is 1. The number of ether oxygens (including phenoxy) is 3. The highest BCUT2D eigenvalue weighted by Gasteiger charge is 2.42. The van der Waals surface area contributed by atoms with Crippen molar-refractivity contribution in [1.29, 1.82) is 0 Å². The number of methoxy groups -OCH3 is 1. The Bertz CT molecular complexity index is 1030. The highest BCUT2D eigenvalue weighted by atomic mass is 19.4. The van der Waals surface area contributed by atoms with Crippen LogP contribution in [0.2, 0.25) is 0 Å². The summed E-state index contributed by atoms with van der Waals surface area (Å²) in [5, 5.41) is 3.53. The maximum atomic E-state index is 13.7. The lowest BCUT2D eigenvalue weighted by Crippen LogP contribution is -2.51. The van der Waals surface area contributed by atoms with Gasteiger partial charge in [-0.15, -0.1) is 0 Å². The Morgan fingerprint density at radius 3 is 2.21 bits per heavy atom. The zero-order valence-corrected chi connectivity index (χ0v) is 20.7. The maximum Gasteiger partial charge on any atom is 0.416 e. The van der Waals surface area contributed by atoms with E-state index in [1.807, 2.05) is 0 Å². The fraction of sp³-hybridized carbons (Fsp3) is 0.556. The van der Waals surface area contributed by atoms with Crippen molar-refractivity contribution in [1.82, 2.24) is 5.32 Å². The van der Waals surface area contributed by atoms with E-state index in [0.717, 1.165) is 24.9 Å². The first kappa shape index (κ1) is 28.8. The van der Waals surface area contributed by atoms with E-state index in [0.29, 0.717) is 25.2 Å². The molecule has 0 saturated carbocycles. The molecule has 4 nitrogen and oxygen atoms in total. The number of nitrogens with one attached hydrogen (secondary N) is 1. The SMILES string of the molecule is COC1CCNC(C2CCO[C@@H](OCCc3cc(C(F)(F)F)cc(C(F)(F)F)c3)[C@H]2c2ccc(F)cc2)C1. The largest absolute Gasteiger partial charge is 0.416 e. The predicted molar refractivity (Wildman–Crippen MR) is 125 cm³/mol. The lowest BCUT2D eigenvalue weighted by atomic mass is 9.75. The Hall–Kier alpha value is -2.21. The molecule has 0 bridgehead atoms. The molecule has 38 heavy (non-hydrogen) atoms. The predicted octanol–water partition coefficient (Wildman–Crippen LogP) is 6.34. The molecule has 0 amide bonds. The molecule has 2 heterocycles. The van der Waals surface area contributed by atoms with Gasteiger partial charge in [-0.3, -0.25) is 0 Å². The van der Waals surface area contributed by atoms with Crippen LogP contribution in [0.1, 0.15) is 47.4 Å². The molecule has 2 aromatic carbocycles. The van der Waals surface area contributed by atoms with Crippen molar-refractivity contribution >= 4 is 0 Å². The second-order valence-corrected chi connectivity index (χ2v) is 9.75. The quantitative estimate of drug-likeness (QED) is 0.410. The molecule has 2 aliphatic heterocycles. The molecule has 4 rings (SSSR count). The van der Waals surface area contributed by atoms with Gasteiger partial charge in [-0.05, 0) is 79.6 Å². The van der Waals surface area contributed by atoms with Crippen molar-refractivity contribution in [2.24, 2.45) is 5.92 Å². The van der Waals surface area contributed by atoms with Crippen LogP contribution in [0.25, 0.3) is 0 Å². The van der Waals surface area contributed by atoms with E-state index in [4.69, 9.17) is 14.2 Å². The van der Waals surface area contributed by atoms with Gasteiger partial charge in [0.25, 0.3) is 0 Å². The molecule has 2 aromatic rings. The van der Waals surface area contributed by atoms with Gasteiger partial charge in [-0.25, -0.2) is 4.39 Å². The fourth-order valence-electron chi connectivity index (χ4n) is 5.41. The second-order valence-electron chi connectivity index (χ2n) is 9.75. The van der Waals surface area contributed by atoms with Gasteiger partial charge in [0, 0.05) is 19.1 Å². The molecule has 5 atom stereocenters. The van der Waals surface area contributed by atoms with Gasteiger partial charge in [0.2, 0.25) is 0 Å². The van der Waals surface area contributed by atoms with Gasteiger partial charge in [0.05, 0.1) is 30.4 Å². The van der Waals surface area contributed by atoms with Crippen LogP contribution < -0.4 is 5.32 Å². The molecule has 0 radical (unpaired) electrons. The molecule has 0 aliphatic carbocycles. The van der Waals surface area contributed by atoms with Crippen LogP contribution in [0, 0.1) is 11.7 Å². The van der Waals surface area contributed by atoms with Crippen molar-refractivity contribution in [3.05, 3.63) is 70.5 Å². The number of hydrogen-bond acceptors (Lipinski definition) is 4. The van der Waals surface area contributed by atoms with Crippen molar-refractivity contribution in [3.8, 4) is 0 Å². The van der Waals surface area contributed by atoms with E-state index in [1.54, 1.807) is 19.2 Å². The van der Waals surface area contributed by atoms with Crippen molar-refractivity contribution in [2.45, 2.75) is 62.4 Å². The monoisotopic (exact) mass is 549 g/mol. The van der Waals surface area contributed by atoms with E-state index >= 15 is 0 Å². The normalized spacial score (nSPS) is 26.9. The number of alkyl halides is 6. The summed E-state index contributed by atoms with van der Waals surface area (Å²) in [7, 11) is 1.67. The summed E-state index contributed by atoms with van der Waals surface area (Å²) in [5.74, 6) is -0.702. The Morgan fingerprint density at radius 2 is 1.61 bits per heavy atom. The molecule has 11 heteroatoms. The zero-order valence-electron chi connectivity index (χ0n) is 20.7. The van der Waals surface area contributed by atoms with Gasteiger partial charge in [0.1, 0.15) is 5.82 Å². The topological polar surface area (TPSA) is 39.7 Å². The minimum absolute atomic E-state index is 0.0301. The van der Waals surface area contributed by atoms with E-state index in [9.17, 15) is 30.7 Å². The smallest absolute Gasteiger partial charge is 0.381 e. The second kappa shape index (κ2) is 11.9. The average Bonchev–Trinajstić information content (AvgIpc) is 2.88. The van der Waals surface area contributed by atoms with Crippen LogP contribution >= 0.6 is 0 Å². The molecule has 0 aromatic heterocycles. The summed E-state index contributed by atoms with van der Waals surface area (Å²) >= 11 is 0. The highest BCUT2D eigenvalue weighted by Crippen LogP contribution is 2.41. The number of rotatable bonds is 7. The standard InChI is InChI=1S/C27H30F7NO3/c1-36-21-6-9-35-23(15-21)22-8-11-38-25(24(22)17-2-4-20(28)5-3-17)37-10-7-16-12-18(26(29,30)31)14-19(13-16)27(32,33)34/h2-5,12-14,21-25,35H,6-11,15H2,1H3/t21?,22?,23?,24-,25+/m0/s1. The van der Waals surface area contributed by atoms with E-state index in [-0.39, 0.29) is 48.6 Å². The Kier molecular flexibility index (Phi) is 9.01. The average molecular weight is 550 g/mol. The van der Waals surface area contributed by atoms with Crippen LogP contribution in [0.3, 0.4) is 0 Å². The first-order valence-corrected chi connectivity index (χ1v) is 12.5. The maximum absolute atomic E-state index is 13.7. The Balaban J connectivity index is 1.53. The third kappa shape index (κ3) is 7.05. The summed E-state index contributed by atoms with van der Waals surface area (Å²) < 4.78 is 110. The lowest BCUT2D eigenvalue weighted by molar-refractivity contribution is -0.191. The fourth-order valence-corrected chi connectivity index (χ4v) is 5.41. The molecule has 2 fully saturated rings. The molecular weight excluding hydrogens is 519 g/mol. The van der Waals surface area contributed by atoms with Crippen LogP contribution in [-0.2, 0) is 33.0 Å². The minimum Gasteiger partial charge on any atom is -0.381 e. The van der Waals surface area contributed by atoms with Crippen LogP contribution in [0.4, 0.5) is 30.7 Å². The van der Waals surface area contributed by atoms with Crippen molar-refractivity contribution < 1.29 is 44.9 Å². The number of hydrogen-bond donors (Lipinski definition) is 1. The van der Waals surface area contributed by atoms with E-state index in [1.165, 1.54) is 12.1 Å². The summed E-state index contributed by atoms with van der Waals surface area (Å²) in [4.78, 5) is 0. The van der Waals surface area contributed by atoms with Crippen LogP contribution in [0.15, 0.2) is 42.5 Å². The summed E-state index contributed by atoms with van der Waals surface area (Å²) in [6, 6.07) is 7.56. The van der Waals surface area contributed by atoms with Gasteiger partial charge in [0.15, 0.2) is 6.29 Å². The molecule has 210 valence electrons. The van der Waals surface area contributed by atoms with Crippen molar-refractivity contribution in [2.75, 3.05) is 26.9 Å². The Morgan fingerprint density at radius 1 is 0.947 bits per heavy atom.